The number of ether oxygens (including phenoxy) is 4. The van der Waals surface area contributed by atoms with E-state index in [1.165, 1.54) is 37.8 Å². The van der Waals surface area contributed by atoms with Crippen molar-refractivity contribution in [1.29, 1.82) is 0 Å². The normalized spacial score (nSPS) is 25.1. The summed E-state index contributed by atoms with van der Waals surface area (Å²) in [7, 11) is 3.35. The Bertz CT molecular complexity index is 2980. The maximum atomic E-state index is 12.3. The molecule has 0 amide bonds. The van der Waals surface area contributed by atoms with E-state index in [2.05, 4.69) is 46.4 Å². The van der Waals surface area contributed by atoms with Gasteiger partial charge in [0, 0.05) is 71.8 Å². The van der Waals surface area contributed by atoms with Crippen LogP contribution in [0.5, 0.6) is 34.5 Å². The van der Waals surface area contributed by atoms with E-state index in [-0.39, 0.29) is 80.9 Å². The highest BCUT2D eigenvalue weighted by atomic mass is 16.5. The Morgan fingerprint density at radius 1 is 0.581 bits per heavy atom. The van der Waals surface area contributed by atoms with E-state index >= 15 is 0 Å². The van der Waals surface area contributed by atoms with Crippen molar-refractivity contribution in [3.63, 3.8) is 0 Å². The molecule has 14 heteroatoms. The van der Waals surface area contributed by atoms with Crippen LogP contribution in [0.2, 0.25) is 0 Å². The molecule has 4 unspecified atom stereocenters. The molecule has 12 atom stereocenters. The fourth-order valence-electron chi connectivity index (χ4n) is 13.5. The van der Waals surface area contributed by atoms with E-state index < -0.39 is 0 Å². The van der Waals surface area contributed by atoms with Gasteiger partial charge >= 0.3 is 0 Å². The number of pyridine rings is 2. The number of anilines is 2. The zero-order valence-corrected chi connectivity index (χ0v) is 43.6. The Morgan fingerprint density at radius 3 is 1.39 bits per heavy atom. The highest BCUT2D eigenvalue weighted by Gasteiger charge is 2.45. The summed E-state index contributed by atoms with van der Waals surface area (Å²) in [4.78, 5) is 14.6. The van der Waals surface area contributed by atoms with Gasteiger partial charge in [-0.05, 0) is 160 Å². The molecule has 5 aromatic carbocycles. The van der Waals surface area contributed by atoms with Gasteiger partial charge in [0.1, 0.15) is 34.5 Å². The van der Waals surface area contributed by atoms with E-state index in [0.717, 1.165) is 83.5 Å². The van der Waals surface area contributed by atoms with Crippen molar-refractivity contribution in [1.82, 2.24) is 19.8 Å². The standard InChI is InChI=1S/C60H72N6O8/c1-7-35-29-65-23-19-37(35)25-49(65)59(41-17-21-61-45-11-9-39(71-5)27-43(41)45)73-31-33(3)63-47-13-15-51(67)55-53(47)57(69)56-52(68)16-14-48(54(56)58(55)70)64-34(4)32-74-60(50-26-38-20-24-66(50)30-36(38)8-2)42-18-22-62-46-12-10-40(72-6)28-44(42)46/h9-18,21-22,27-28,33-38,49-50,59-60,63-64,67-70H,7-8,19-20,23-26,29-32H2,1-6H3/t33?,34?,35-,36-,37-,38-,49-,50-,59+,60+/m0/s1. The first-order chi connectivity index (χ1) is 36.0. The molecule has 6 N–H and O–H groups in total. The van der Waals surface area contributed by atoms with Crippen LogP contribution in [0.25, 0.3) is 43.4 Å². The lowest BCUT2D eigenvalue weighted by Crippen LogP contribution is -2.55. The molecule has 0 radical (unpaired) electrons. The number of nitrogens with one attached hydrogen (secondary N) is 2. The maximum Gasteiger partial charge on any atom is 0.137 e. The summed E-state index contributed by atoms with van der Waals surface area (Å²) in [5.74, 6) is 3.18. The third-order valence-corrected chi connectivity index (χ3v) is 17.4. The van der Waals surface area contributed by atoms with Gasteiger partial charge in [0.05, 0.1) is 72.2 Å². The molecule has 74 heavy (non-hydrogen) atoms. The third kappa shape index (κ3) is 9.11. The van der Waals surface area contributed by atoms with Gasteiger partial charge in [-0.2, -0.15) is 0 Å². The topological polar surface area (TPSA) is 174 Å². The number of rotatable bonds is 18. The van der Waals surface area contributed by atoms with Crippen LogP contribution in [0.3, 0.4) is 0 Å². The molecule has 14 nitrogen and oxygen atoms in total. The summed E-state index contributed by atoms with van der Waals surface area (Å²) in [5.41, 5.74) is 4.83. The molecule has 0 saturated carbocycles. The lowest BCUT2D eigenvalue weighted by atomic mass is 9.72. The molecule has 390 valence electrons. The van der Waals surface area contributed by atoms with Crippen LogP contribution in [0, 0.1) is 23.7 Å². The van der Waals surface area contributed by atoms with E-state index in [9.17, 15) is 20.4 Å². The van der Waals surface area contributed by atoms with E-state index in [4.69, 9.17) is 28.9 Å². The molecule has 7 aromatic rings. The number of aromatic hydroxyl groups is 4. The molecule has 8 heterocycles. The van der Waals surface area contributed by atoms with Crippen molar-refractivity contribution in [2.45, 2.75) is 103 Å². The van der Waals surface area contributed by atoms with Crippen molar-refractivity contribution in [2.75, 3.05) is 64.2 Å². The molecular weight excluding hydrogens is 933 g/mol. The van der Waals surface area contributed by atoms with Gasteiger partial charge in [0.25, 0.3) is 0 Å². The molecular formula is C60H72N6O8. The maximum absolute atomic E-state index is 12.3. The lowest BCUT2D eigenvalue weighted by Gasteiger charge is -2.52. The van der Waals surface area contributed by atoms with Crippen LogP contribution in [-0.2, 0) is 9.47 Å². The van der Waals surface area contributed by atoms with Gasteiger partial charge in [-0.3, -0.25) is 19.8 Å². The zero-order chi connectivity index (χ0) is 51.4. The van der Waals surface area contributed by atoms with Crippen molar-refractivity contribution in [3.05, 3.63) is 96.3 Å². The minimum absolute atomic E-state index is 0.0594. The second kappa shape index (κ2) is 20.8. The molecule has 13 rings (SSSR count). The van der Waals surface area contributed by atoms with Crippen molar-refractivity contribution < 1.29 is 39.4 Å². The Hall–Kier alpha value is -6.32. The SMILES string of the molecule is CC[C@H]1CN2CC[C@H]1C[C@H]2[C@H](OCC(C)Nc1ccc(O)c2c(O)c3c(NC(C)CO[C@H](c4ccnc5ccc(OC)cc45)[C@@H]4C[C@@H]5CCN4C[C@@H]5CC)ccc(O)c3c(O)c12)c1ccnc2ccc(OC)cc12. The third-order valence-electron chi connectivity index (χ3n) is 17.4. The number of benzene rings is 5. The molecule has 4 bridgehead atoms. The second-order valence-corrected chi connectivity index (χ2v) is 21.7. The van der Waals surface area contributed by atoms with Crippen LogP contribution in [0.1, 0.15) is 89.6 Å². The molecule has 6 fully saturated rings. The second-order valence-electron chi connectivity index (χ2n) is 21.7. The molecule has 6 saturated heterocycles. The Labute approximate surface area is 433 Å². The Morgan fingerprint density at radius 2 is 1.01 bits per heavy atom. The summed E-state index contributed by atoms with van der Waals surface area (Å²) >= 11 is 0. The number of phenols is 4. The fraction of sp³-hybridized carbons (Fsp3) is 0.467. The number of nitrogens with zero attached hydrogens (tertiary/aromatic N) is 4. The number of hydrogen-bond donors (Lipinski definition) is 6. The predicted molar refractivity (Wildman–Crippen MR) is 292 cm³/mol. The molecule has 6 aliphatic rings. The quantitative estimate of drug-likeness (QED) is 0.0354. The van der Waals surface area contributed by atoms with Crippen molar-refractivity contribution in [3.8, 4) is 34.5 Å². The van der Waals surface area contributed by atoms with Gasteiger partial charge in [-0.25, -0.2) is 0 Å². The zero-order valence-electron chi connectivity index (χ0n) is 43.6. The average Bonchev–Trinajstić information content (AvgIpc) is 3.45. The summed E-state index contributed by atoms with van der Waals surface area (Å²) in [6, 6.07) is 22.3. The van der Waals surface area contributed by atoms with Crippen LogP contribution in [0.15, 0.2) is 85.2 Å². The highest BCUT2D eigenvalue weighted by Crippen LogP contribution is 2.53. The van der Waals surface area contributed by atoms with Gasteiger partial charge in [-0.1, -0.05) is 26.7 Å². The lowest BCUT2D eigenvalue weighted by molar-refractivity contribution is -0.0838. The average molecular weight is 1010 g/mol. The first-order valence-electron chi connectivity index (χ1n) is 26.9. The number of aromatic nitrogens is 2. The minimum Gasteiger partial charge on any atom is -0.507 e. The summed E-state index contributed by atoms with van der Waals surface area (Å²) < 4.78 is 25.5. The number of phenolic OH excluding ortho intramolecular Hbond substituents is 4. The van der Waals surface area contributed by atoms with E-state index in [1.54, 1.807) is 26.4 Å². The smallest absolute Gasteiger partial charge is 0.137 e. The van der Waals surface area contributed by atoms with Crippen LogP contribution < -0.4 is 20.1 Å². The number of fused-ring (bicyclic) bond motifs is 10. The first kappa shape index (κ1) is 49.9. The molecule has 6 aliphatic heterocycles. The predicted octanol–water partition coefficient (Wildman–Crippen LogP) is 11.3. The van der Waals surface area contributed by atoms with Crippen LogP contribution in [0.4, 0.5) is 11.4 Å². The first-order valence-corrected chi connectivity index (χ1v) is 26.9. The van der Waals surface area contributed by atoms with Crippen LogP contribution >= 0.6 is 0 Å². The summed E-state index contributed by atoms with van der Waals surface area (Å²) in [6.45, 7) is 13.4. The Kier molecular flexibility index (Phi) is 14.0. The van der Waals surface area contributed by atoms with Crippen molar-refractivity contribution in [2.24, 2.45) is 23.7 Å². The molecule has 2 aromatic heterocycles. The van der Waals surface area contributed by atoms with Gasteiger partial charge in [0.2, 0.25) is 0 Å². The number of methoxy groups -OCH3 is 2. The fourth-order valence-corrected chi connectivity index (χ4v) is 13.5. The number of piperidine rings is 6. The molecule has 0 aliphatic carbocycles. The van der Waals surface area contributed by atoms with Gasteiger partial charge < -0.3 is 50.0 Å². The van der Waals surface area contributed by atoms with E-state index in [0.29, 0.717) is 48.3 Å². The monoisotopic (exact) mass is 1000 g/mol. The van der Waals surface area contributed by atoms with Crippen LogP contribution in [-0.4, -0.2) is 118 Å². The van der Waals surface area contributed by atoms with Crippen molar-refractivity contribution >= 4 is 54.7 Å². The largest absolute Gasteiger partial charge is 0.507 e. The summed E-state index contributed by atoms with van der Waals surface area (Å²) in [5, 5.41) is 57.1. The minimum atomic E-state index is -0.295. The van der Waals surface area contributed by atoms with E-state index in [1.807, 2.05) is 62.6 Å². The molecule has 0 spiro atoms. The van der Waals surface area contributed by atoms with Gasteiger partial charge in [0.15, 0.2) is 0 Å². The number of hydrogen-bond acceptors (Lipinski definition) is 14. The Balaban J connectivity index is 0.869. The van der Waals surface area contributed by atoms with Gasteiger partial charge in [-0.15, -0.1) is 0 Å². The summed E-state index contributed by atoms with van der Waals surface area (Å²) in [6.07, 6.45) is 10.0. The highest BCUT2D eigenvalue weighted by molar-refractivity contribution is 6.21.